The standard InChI is InChI=1S/C12H13/c1-3-5-7-9-11-12-10-8-6-4-2/h3,5,7,9,11H2,1H3. The van der Waals surface area contributed by atoms with E-state index in [0.717, 1.165) is 12.8 Å². The molecule has 0 bridgehead atoms. The van der Waals surface area contributed by atoms with Crippen LogP contribution in [0.15, 0.2) is 0 Å². The highest BCUT2D eigenvalue weighted by atomic mass is 13.9. The van der Waals surface area contributed by atoms with E-state index in [9.17, 15) is 0 Å². The Bertz CT molecular complexity index is 244. The summed E-state index contributed by atoms with van der Waals surface area (Å²) in [4.78, 5) is 0. The molecule has 0 nitrogen and oxygen atoms in total. The monoisotopic (exact) mass is 157 g/mol. The lowest BCUT2D eigenvalue weighted by molar-refractivity contribution is 0.680. The van der Waals surface area contributed by atoms with Crippen LogP contribution in [0.2, 0.25) is 0 Å². The van der Waals surface area contributed by atoms with Crippen molar-refractivity contribution in [3.63, 3.8) is 0 Å². The molecular weight excluding hydrogens is 144 g/mol. The van der Waals surface area contributed by atoms with Crippen molar-refractivity contribution in [1.82, 2.24) is 0 Å². The average Bonchev–Trinajstić information content (AvgIpc) is 2.10. The molecule has 0 saturated carbocycles. The van der Waals surface area contributed by atoms with Crippen LogP contribution in [0, 0.1) is 36.0 Å². The van der Waals surface area contributed by atoms with Gasteiger partial charge in [-0.1, -0.05) is 32.1 Å². The van der Waals surface area contributed by atoms with E-state index in [-0.39, 0.29) is 0 Å². The maximum atomic E-state index is 6.48. The normalized spacial score (nSPS) is 7.00. The Morgan fingerprint density at radius 3 is 2.50 bits per heavy atom. The Morgan fingerprint density at radius 1 is 1.00 bits per heavy atom. The highest BCUT2D eigenvalue weighted by molar-refractivity contribution is 5.32. The molecule has 0 spiro atoms. The van der Waals surface area contributed by atoms with Gasteiger partial charge in [0, 0.05) is 6.42 Å². The van der Waals surface area contributed by atoms with Gasteiger partial charge in [0.25, 0.3) is 0 Å². The third-order valence-corrected chi connectivity index (χ3v) is 1.43. The van der Waals surface area contributed by atoms with Crippen LogP contribution in [0.4, 0.5) is 0 Å². The molecule has 12 heavy (non-hydrogen) atoms. The molecule has 0 rings (SSSR count). The molecule has 0 aromatic heterocycles. The number of rotatable bonds is 4. The van der Waals surface area contributed by atoms with E-state index in [1.165, 1.54) is 19.3 Å². The first-order valence-electron chi connectivity index (χ1n) is 4.31. The largest absolute Gasteiger partial charge is 0.0891 e. The molecule has 0 fully saturated rings. The summed E-state index contributed by atoms with van der Waals surface area (Å²) in [6.07, 6.45) is 12.4. The van der Waals surface area contributed by atoms with Gasteiger partial charge in [-0.2, -0.15) is 0 Å². The van der Waals surface area contributed by atoms with Gasteiger partial charge in [-0.05, 0) is 36.5 Å². The molecule has 1 radical (unpaired) electrons. The molecule has 0 unspecified atom stereocenters. The van der Waals surface area contributed by atoms with Crippen molar-refractivity contribution in [3.05, 3.63) is 6.42 Å². The van der Waals surface area contributed by atoms with Gasteiger partial charge in [-0.3, -0.25) is 0 Å². The van der Waals surface area contributed by atoms with Crippen molar-refractivity contribution in [2.45, 2.75) is 39.0 Å². The van der Waals surface area contributed by atoms with Crippen molar-refractivity contribution in [1.29, 1.82) is 0 Å². The van der Waals surface area contributed by atoms with Gasteiger partial charge in [-0.25, -0.2) is 0 Å². The van der Waals surface area contributed by atoms with Crippen molar-refractivity contribution in [2.75, 3.05) is 0 Å². The maximum absolute atomic E-state index is 6.48. The third kappa shape index (κ3) is 8.68. The number of hydrogen-bond acceptors (Lipinski definition) is 0. The molecular formula is C12H13. The van der Waals surface area contributed by atoms with Crippen molar-refractivity contribution in [2.24, 2.45) is 0 Å². The molecule has 0 amide bonds. The van der Waals surface area contributed by atoms with Crippen LogP contribution in [-0.4, -0.2) is 0 Å². The first-order valence-corrected chi connectivity index (χ1v) is 4.31. The molecule has 61 valence electrons. The lowest BCUT2D eigenvalue weighted by Gasteiger charge is -1.90. The molecule has 0 aliphatic carbocycles. The summed E-state index contributed by atoms with van der Waals surface area (Å²) in [6, 6.07) is 0. The predicted molar refractivity (Wildman–Crippen MR) is 51.4 cm³/mol. The molecule has 0 aromatic rings. The Balaban J connectivity index is 3.29. The van der Waals surface area contributed by atoms with Gasteiger partial charge < -0.3 is 0 Å². The first-order chi connectivity index (χ1) is 5.91. The lowest BCUT2D eigenvalue weighted by Crippen LogP contribution is -1.73. The summed E-state index contributed by atoms with van der Waals surface area (Å²) >= 11 is 0. The fraction of sp³-hybridized carbons (Fsp3) is 0.500. The Kier molecular flexibility index (Phi) is 8.62. The summed E-state index contributed by atoms with van der Waals surface area (Å²) in [5.41, 5.74) is 0. The molecule has 0 aromatic carbocycles. The zero-order chi connectivity index (χ0) is 9.07. The smallest absolute Gasteiger partial charge is 0.00989 e. The fourth-order valence-electron chi connectivity index (χ4n) is 0.809. The summed E-state index contributed by atoms with van der Waals surface area (Å²) in [5, 5.41) is 0. The van der Waals surface area contributed by atoms with E-state index in [4.69, 9.17) is 6.42 Å². The van der Waals surface area contributed by atoms with Gasteiger partial charge in [0.2, 0.25) is 0 Å². The van der Waals surface area contributed by atoms with E-state index >= 15 is 0 Å². The topological polar surface area (TPSA) is 0 Å². The van der Waals surface area contributed by atoms with Crippen LogP contribution in [-0.2, 0) is 0 Å². The maximum Gasteiger partial charge on any atom is 0.00989 e. The van der Waals surface area contributed by atoms with Crippen molar-refractivity contribution < 1.29 is 0 Å². The summed E-state index contributed by atoms with van der Waals surface area (Å²) < 4.78 is 0. The quantitative estimate of drug-likeness (QED) is 0.434. The SMILES string of the molecule is [C]#CC#CC#CCCCCCC. The molecule has 0 aliphatic heterocycles. The first kappa shape index (κ1) is 10.7. The third-order valence-electron chi connectivity index (χ3n) is 1.43. The van der Waals surface area contributed by atoms with Crippen LogP contribution in [0.3, 0.4) is 0 Å². The average molecular weight is 157 g/mol. The van der Waals surface area contributed by atoms with Crippen LogP contribution in [0.1, 0.15) is 39.0 Å². The van der Waals surface area contributed by atoms with Gasteiger partial charge in [0.15, 0.2) is 0 Å². The lowest BCUT2D eigenvalue weighted by atomic mass is 10.2. The Labute approximate surface area is 75.8 Å². The van der Waals surface area contributed by atoms with E-state index in [1.54, 1.807) is 0 Å². The van der Waals surface area contributed by atoms with Crippen LogP contribution in [0.5, 0.6) is 0 Å². The zero-order valence-corrected chi connectivity index (χ0v) is 7.54. The van der Waals surface area contributed by atoms with E-state index in [1.807, 2.05) is 5.92 Å². The second kappa shape index (κ2) is 9.68. The second-order valence-electron chi connectivity index (χ2n) is 2.49. The zero-order valence-electron chi connectivity index (χ0n) is 7.54. The minimum atomic E-state index is 0.923. The van der Waals surface area contributed by atoms with E-state index in [2.05, 4.69) is 30.6 Å². The van der Waals surface area contributed by atoms with Crippen molar-refractivity contribution >= 4 is 0 Å². The Morgan fingerprint density at radius 2 is 1.83 bits per heavy atom. The van der Waals surface area contributed by atoms with Crippen LogP contribution < -0.4 is 0 Å². The Hall–Kier alpha value is -1.32. The molecule has 0 heteroatoms. The van der Waals surface area contributed by atoms with Gasteiger partial charge in [-0.15, -0.1) is 0 Å². The summed E-state index contributed by atoms with van der Waals surface area (Å²) in [6.45, 7) is 2.19. The molecule has 0 aliphatic rings. The molecule has 0 heterocycles. The molecule has 0 atom stereocenters. The van der Waals surface area contributed by atoms with Crippen LogP contribution >= 0.6 is 0 Å². The highest BCUT2D eigenvalue weighted by Crippen LogP contribution is 2.00. The van der Waals surface area contributed by atoms with Gasteiger partial charge in [0.1, 0.15) is 0 Å². The second-order valence-corrected chi connectivity index (χ2v) is 2.49. The fourth-order valence-corrected chi connectivity index (χ4v) is 0.809. The summed E-state index contributed by atoms with van der Waals surface area (Å²) in [7, 11) is 0. The van der Waals surface area contributed by atoms with E-state index < -0.39 is 0 Å². The van der Waals surface area contributed by atoms with Gasteiger partial charge >= 0.3 is 0 Å². The predicted octanol–water partition coefficient (Wildman–Crippen LogP) is 2.55. The van der Waals surface area contributed by atoms with Crippen LogP contribution in [0.25, 0.3) is 0 Å². The molecule has 0 saturated heterocycles. The van der Waals surface area contributed by atoms with E-state index in [0.29, 0.717) is 0 Å². The highest BCUT2D eigenvalue weighted by Gasteiger charge is 1.82. The summed E-state index contributed by atoms with van der Waals surface area (Å²) in [5.74, 6) is 12.4. The van der Waals surface area contributed by atoms with Gasteiger partial charge in [0.05, 0.1) is 0 Å². The minimum Gasteiger partial charge on any atom is -0.0891 e. The number of unbranched alkanes of at least 4 members (excludes halogenated alkanes) is 4. The minimum absolute atomic E-state index is 0.923. The molecule has 0 N–H and O–H groups in total. The number of hydrogen-bond donors (Lipinski definition) is 0. The van der Waals surface area contributed by atoms with Crippen molar-refractivity contribution in [3.8, 4) is 29.6 Å².